The third kappa shape index (κ3) is 8.12. The molecule has 0 heterocycles. The Hall–Kier alpha value is -2.66. The van der Waals surface area contributed by atoms with E-state index in [1.54, 1.807) is 0 Å². The number of hydrogen-bond donors (Lipinski definition) is 3. The molecule has 0 aliphatic rings. The Labute approximate surface area is 193 Å². The Balaban J connectivity index is 2.19. The van der Waals surface area contributed by atoms with Crippen molar-refractivity contribution in [2.75, 3.05) is 11.9 Å². The first-order chi connectivity index (χ1) is 15.1. The summed E-state index contributed by atoms with van der Waals surface area (Å²) in [7, 11) is 0. The third-order valence-electron chi connectivity index (χ3n) is 5.72. The lowest BCUT2D eigenvalue weighted by molar-refractivity contribution is -0.119. The van der Waals surface area contributed by atoms with Crippen molar-refractivity contribution in [2.45, 2.75) is 78.2 Å². The van der Waals surface area contributed by atoms with Crippen LogP contribution in [0.3, 0.4) is 0 Å². The van der Waals surface area contributed by atoms with Gasteiger partial charge in [0, 0.05) is 25.6 Å². The largest absolute Gasteiger partial charge is 0.352 e. The number of unbranched alkanes of at least 4 members (excludes halogenated alkanes) is 1. The molecule has 2 rings (SSSR count). The van der Waals surface area contributed by atoms with Crippen LogP contribution in [-0.4, -0.2) is 18.4 Å². The summed E-state index contributed by atoms with van der Waals surface area (Å²) in [5.41, 5.74) is 11.2. The topological polar surface area (TPSA) is 84.2 Å². The first kappa shape index (κ1) is 25.6. The summed E-state index contributed by atoms with van der Waals surface area (Å²) in [6.45, 7) is 11.5. The molecular formula is C27H39N3O2. The minimum absolute atomic E-state index is 0.0289. The van der Waals surface area contributed by atoms with Gasteiger partial charge in [-0.15, -0.1) is 0 Å². The van der Waals surface area contributed by atoms with E-state index >= 15 is 0 Å². The standard InChI is InChI=1S/C27H39N3O2/c1-19(22-11-9-21(10-12-22)18-29-20(2)31)16-23-17-24(27(3,4)5)13-14-25(23)30-26(32)8-6-7-15-28/h9-14,17,19H,6-8,15-16,18,28H2,1-5H3,(H,29,31)(H,30,32). The number of hydrogen-bond acceptors (Lipinski definition) is 3. The predicted octanol–water partition coefficient (Wildman–Crippen LogP) is 5.03. The molecule has 0 saturated heterocycles. The summed E-state index contributed by atoms with van der Waals surface area (Å²) >= 11 is 0. The number of amides is 2. The molecule has 2 aromatic rings. The summed E-state index contributed by atoms with van der Waals surface area (Å²) in [6.07, 6.45) is 2.98. The zero-order chi connectivity index (χ0) is 23.7. The van der Waals surface area contributed by atoms with E-state index in [4.69, 9.17) is 5.73 Å². The van der Waals surface area contributed by atoms with Crippen LogP contribution in [0.4, 0.5) is 5.69 Å². The molecule has 0 saturated carbocycles. The molecule has 1 atom stereocenters. The third-order valence-corrected chi connectivity index (χ3v) is 5.72. The summed E-state index contributed by atoms with van der Waals surface area (Å²) in [5, 5.41) is 5.95. The number of carbonyl (C=O) groups is 2. The number of carbonyl (C=O) groups excluding carboxylic acids is 2. The molecule has 0 bridgehead atoms. The fourth-order valence-corrected chi connectivity index (χ4v) is 3.63. The van der Waals surface area contributed by atoms with Crippen molar-refractivity contribution >= 4 is 17.5 Å². The molecule has 0 aliphatic carbocycles. The van der Waals surface area contributed by atoms with Crippen molar-refractivity contribution in [3.05, 3.63) is 64.7 Å². The minimum atomic E-state index is -0.0289. The summed E-state index contributed by atoms with van der Waals surface area (Å²) in [6, 6.07) is 14.8. The normalized spacial score (nSPS) is 12.3. The lowest BCUT2D eigenvalue weighted by Gasteiger charge is -2.23. The van der Waals surface area contributed by atoms with Crippen molar-refractivity contribution in [2.24, 2.45) is 5.73 Å². The lowest BCUT2D eigenvalue weighted by atomic mass is 9.84. The van der Waals surface area contributed by atoms with E-state index in [2.05, 4.69) is 74.7 Å². The summed E-state index contributed by atoms with van der Waals surface area (Å²) in [5.74, 6) is 0.296. The van der Waals surface area contributed by atoms with E-state index in [1.165, 1.54) is 18.1 Å². The fraction of sp³-hybridized carbons (Fsp3) is 0.481. The molecule has 32 heavy (non-hydrogen) atoms. The van der Waals surface area contributed by atoms with Gasteiger partial charge in [0.2, 0.25) is 11.8 Å². The van der Waals surface area contributed by atoms with E-state index < -0.39 is 0 Å². The van der Waals surface area contributed by atoms with Crippen LogP contribution in [0, 0.1) is 0 Å². The van der Waals surface area contributed by atoms with Gasteiger partial charge >= 0.3 is 0 Å². The predicted molar refractivity (Wildman–Crippen MR) is 133 cm³/mol. The number of anilines is 1. The molecule has 4 N–H and O–H groups in total. The number of benzene rings is 2. The molecular weight excluding hydrogens is 398 g/mol. The Kier molecular flexibility index (Phi) is 9.45. The monoisotopic (exact) mass is 437 g/mol. The van der Waals surface area contributed by atoms with Gasteiger partial charge in [0.05, 0.1) is 0 Å². The number of nitrogens with two attached hydrogens (primary N) is 1. The zero-order valence-corrected chi connectivity index (χ0v) is 20.3. The molecule has 0 radical (unpaired) electrons. The van der Waals surface area contributed by atoms with Crippen LogP contribution >= 0.6 is 0 Å². The van der Waals surface area contributed by atoms with Crippen LogP contribution in [0.25, 0.3) is 0 Å². The summed E-state index contributed by atoms with van der Waals surface area (Å²) < 4.78 is 0. The zero-order valence-electron chi connectivity index (χ0n) is 20.3. The number of rotatable bonds is 10. The smallest absolute Gasteiger partial charge is 0.224 e. The molecule has 0 aromatic heterocycles. The number of nitrogens with one attached hydrogen (secondary N) is 2. The van der Waals surface area contributed by atoms with E-state index in [0.717, 1.165) is 36.1 Å². The molecule has 2 amide bonds. The average Bonchev–Trinajstić information content (AvgIpc) is 2.73. The molecule has 0 aliphatic heterocycles. The SMILES string of the molecule is CC(=O)NCc1ccc(C(C)Cc2cc(C(C)(C)C)ccc2NC(=O)CCCCN)cc1. The minimum Gasteiger partial charge on any atom is -0.352 e. The molecule has 174 valence electrons. The van der Waals surface area contributed by atoms with E-state index in [9.17, 15) is 9.59 Å². The molecule has 1 unspecified atom stereocenters. The first-order valence-electron chi connectivity index (χ1n) is 11.6. The van der Waals surface area contributed by atoms with E-state index in [1.807, 2.05) is 6.07 Å². The molecule has 0 spiro atoms. The van der Waals surface area contributed by atoms with Crippen LogP contribution in [-0.2, 0) is 28.0 Å². The maximum Gasteiger partial charge on any atom is 0.224 e. The quantitative estimate of drug-likeness (QED) is 0.456. The van der Waals surface area contributed by atoms with Crippen molar-refractivity contribution in [3.8, 4) is 0 Å². The fourth-order valence-electron chi connectivity index (χ4n) is 3.63. The summed E-state index contributed by atoms with van der Waals surface area (Å²) in [4.78, 5) is 23.6. The highest BCUT2D eigenvalue weighted by Gasteiger charge is 2.18. The van der Waals surface area contributed by atoms with Crippen molar-refractivity contribution < 1.29 is 9.59 Å². The van der Waals surface area contributed by atoms with Crippen LogP contribution < -0.4 is 16.4 Å². The van der Waals surface area contributed by atoms with Gasteiger partial charge in [-0.25, -0.2) is 0 Å². The Morgan fingerprint density at radius 1 is 1.03 bits per heavy atom. The van der Waals surface area contributed by atoms with Gasteiger partial charge in [0.1, 0.15) is 0 Å². The second kappa shape index (κ2) is 11.8. The van der Waals surface area contributed by atoms with Gasteiger partial charge < -0.3 is 16.4 Å². The van der Waals surface area contributed by atoms with Crippen LogP contribution in [0.2, 0.25) is 0 Å². The van der Waals surface area contributed by atoms with E-state index in [-0.39, 0.29) is 23.1 Å². The highest BCUT2D eigenvalue weighted by atomic mass is 16.2. The second-order valence-corrected chi connectivity index (χ2v) is 9.67. The van der Waals surface area contributed by atoms with Crippen molar-refractivity contribution in [1.29, 1.82) is 0 Å². The van der Waals surface area contributed by atoms with Gasteiger partial charge in [0.15, 0.2) is 0 Å². The second-order valence-electron chi connectivity index (χ2n) is 9.67. The van der Waals surface area contributed by atoms with Gasteiger partial charge in [-0.1, -0.05) is 64.1 Å². The lowest BCUT2D eigenvalue weighted by Crippen LogP contribution is -2.18. The first-order valence-corrected chi connectivity index (χ1v) is 11.6. The Bertz CT molecular complexity index is 898. The Morgan fingerprint density at radius 2 is 1.72 bits per heavy atom. The van der Waals surface area contributed by atoms with Crippen molar-refractivity contribution in [1.82, 2.24) is 5.32 Å². The van der Waals surface area contributed by atoms with Crippen molar-refractivity contribution in [3.63, 3.8) is 0 Å². The maximum absolute atomic E-state index is 12.4. The highest BCUT2D eigenvalue weighted by molar-refractivity contribution is 5.91. The Morgan fingerprint density at radius 3 is 2.31 bits per heavy atom. The van der Waals surface area contributed by atoms with Gasteiger partial charge in [0.25, 0.3) is 0 Å². The van der Waals surface area contributed by atoms with Gasteiger partial charge in [-0.05, 0) is 65.5 Å². The highest BCUT2D eigenvalue weighted by Crippen LogP contribution is 2.31. The van der Waals surface area contributed by atoms with Gasteiger partial charge in [-0.3, -0.25) is 9.59 Å². The maximum atomic E-state index is 12.4. The molecule has 5 nitrogen and oxygen atoms in total. The van der Waals surface area contributed by atoms with E-state index in [0.29, 0.717) is 19.5 Å². The molecule has 2 aromatic carbocycles. The van der Waals surface area contributed by atoms with Crippen LogP contribution in [0.5, 0.6) is 0 Å². The molecule has 5 heteroatoms. The molecule has 0 fully saturated rings. The average molecular weight is 438 g/mol. The van der Waals surface area contributed by atoms with Crippen LogP contribution in [0.15, 0.2) is 42.5 Å². The van der Waals surface area contributed by atoms with Gasteiger partial charge in [-0.2, -0.15) is 0 Å². The van der Waals surface area contributed by atoms with Crippen LogP contribution in [0.1, 0.15) is 82.1 Å².